The highest BCUT2D eigenvalue weighted by Crippen LogP contribution is 2.19. The third-order valence-corrected chi connectivity index (χ3v) is 3.20. The highest BCUT2D eigenvalue weighted by atomic mass is 16.3. The van der Waals surface area contributed by atoms with Crippen LogP contribution in [0.1, 0.15) is 26.2 Å². The van der Waals surface area contributed by atoms with Crippen LogP contribution in [0, 0.1) is 0 Å². The minimum Gasteiger partial charge on any atom is -0.388 e. The van der Waals surface area contributed by atoms with E-state index in [1.54, 1.807) is 0 Å². The van der Waals surface area contributed by atoms with Gasteiger partial charge in [0.1, 0.15) is 0 Å². The summed E-state index contributed by atoms with van der Waals surface area (Å²) in [5.41, 5.74) is -0.567. The Morgan fingerprint density at radius 3 is 2.40 bits per heavy atom. The number of aliphatic hydroxyl groups is 1. The number of hydrogen-bond donors (Lipinski definition) is 1. The van der Waals surface area contributed by atoms with Gasteiger partial charge in [0.05, 0.1) is 12.1 Å². The summed E-state index contributed by atoms with van der Waals surface area (Å²) in [4.78, 5) is 15.8. The average molecular weight is 212 g/mol. The largest absolute Gasteiger partial charge is 0.388 e. The molecule has 4 nitrogen and oxygen atoms in total. The Labute approximate surface area is 90.9 Å². The molecule has 2 aliphatic rings. The van der Waals surface area contributed by atoms with Crippen molar-refractivity contribution in [1.29, 1.82) is 0 Å². The molecule has 2 aliphatic heterocycles. The smallest absolute Gasteiger partial charge is 0.236 e. The van der Waals surface area contributed by atoms with Gasteiger partial charge in [0, 0.05) is 26.2 Å². The van der Waals surface area contributed by atoms with Gasteiger partial charge >= 0.3 is 0 Å². The second-order valence-electron chi connectivity index (χ2n) is 5.08. The van der Waals surface area contributed by atoms with Crippen LogP contribution in [0.3, 0.4) is 0 Å². The van der Waals surface area contributed by atoms with Gasteiger partial charge in [0.2, 0.25) is 5.91 Å². The van der Waals surface area contributed by atoms with Crippen molar-refractivity contribution < 1.29 is 9.90 Å². The van der Waals surface area contributed by atoms with Gasteiger partial charge in [-0.15, -0.1) is 0 Å². The molecule has 2 saturated heterocycles. The number of β-amino-alcohol motifs (C(OH)–C–C–N with tert-alkyl or cyclic N) is 1. The zero-order valence-corrected chi connectivity index (χ0v) is 9.41. The number of nitrogens with zero attached hydrogens (tertiary/aromatic N) is 2. The van der Waals surface area contributed by atoms with Crippen LogP contribution >= 0.6 is 0 Å². The first-order valence-corrected chi connectivity index (χ1v) is 5.79. The lowest BCUT2D eigenvalue weighted by Gasteiger charge is -2.44. The summed E-state index contributed by atoms with van der Waals surface area (Å²) in [5, 5.41) is 9.54. The van der Waals surface area contributed by atoms with E-state index in [2.05, 4.69) is 0 Å². The third kappa shape index (κ3) is 2.69. The minimum absolute atomic E-state index is 0.227. The van der Waals surface area contributed by atoms with Crippen molar-refractivity contribution >= 4 is 5.91 Å². The summed E-state index contributed by atoms with van der Waals surface area (Å²) in [5.74, 6) is 0.227. The average Bonchev–Trinajstić information content (AvgIpc) is 2.16. The molecule has 0 radical (unpaired) electrons. The van der Waals surface area contributed by atoms with Crippen molar-refractivity contribution in [2.45, 2.75) is 31.8 Å². The zero-order chi connectivity index (χ0) is 10.9. The van der Waals surface area contributed by atoms with Crippen molar-refractivity contribution in [3.63, 3.8) is 0 Å². The van der Waals surface area contributed by atoms with Crippen LogP contribution in [-0.4, -0.2) is 59.1 Å². The number of amides is 1. The molecule has 15 heavy (non-hydrogen) atoms. The molecule has 0 aromatic heterocycles. The van der Waals surface area contributed by atoms with Gasteiger partial charge in [-0.1, -0.05) is 0 Å². The van der Waals surface area contributed by atoms with E-state index in [1.165, 1.54) is 6.42 Å². The van der Waals surface area contributed by atoms with Gasteiger partial charge in [-0.05, 0) is 26.2 Å². The maximum absolute atomic E-state index is 11.8. The molecule has 1 N–H and O–H groups in total. The van der Waals surface area contributed by atoms with E-state index >= 15 is 0 Å². The molecule has 4 heteroatoms. The van der Waals surface area contributed by atoms with Crippen molar-refractivity contribution in [2.75, 3.05) is 32.7 Å². The monoisotopic (exact) mass is 212 g/mol. The van der Waals surface area contributed by atoms with Crippen LogP contribution in [0.25, 0.3) is 0 Å². The first-order valence-electron chi connectivity index (χ1n) is 5.79. The molecule has 86 valence electrons. The Morgan fingerprint density at radius 1 is 1.27 bits per heavy atom. The third-order valence-electron chi connectivity index (χ3n) is 3.20. The molecule has 2 rings (SSSR count). The first kappa shape index (κ1) is 10.9. The molecule has 0 aromatic rings. The topological polar surface area (TPSA) is 43.8 Å². The van der Waals surface area contributed by atoms with Crippen molar-refractivity contribution in [3.8, 4) is 0 Å². The summed E-state index contributed by atoms with van der Waals surface area (Å²) in [6, 6.07) is 0. The highest BCUT2D eigenvalue weighted by molar-refractivity contribution is 5.78. The molecule has 0 aliphatic carbocycles. The molecule has 0 unspecified atom stereocenters. The maximum atomic E-state index is 11.8. The Morgan fingerprint density at radius 2 is 1.87 bits per heavy atom. The van der Waals surface area contributed by atoms with E-state index in [0.29, 0.717) is 19.6 Å². The van der Waals surface area contributed by atoms with Crippen LogP contribution in [0.4, 0.5) is 0 Å². The fourth-order valence-corrected chi connectivity index (χ4v) is 2.46. The Hall–Kier alpha value is -0.610. The predicted octanol–water partition coefficient (Wildman–Crippen LogP) is 0.0655. The first-order chi connectivity index (χ1) is 7.07. The van der Waals surface area contributed by atoms with Crippen LogP contribution in [0.2, 0.25) is 0 Å². The summed E-state index contributed by atoms with van der Waals surface area (Å²) < 4.78 is 0. The molecule has 0 saturated carbocycles. The van der Waals surface area contributed by atoms with Gasteiger partial charge in [0.15, 0.2) is 0 Å². The van der Waals surface area contributed by atoms with Crippen molar-refractivity contribution in [2.24, 2.45) is 0 Å². The number of carbonyl (C=O) groups excluding carboxylic acids is 1. The van der Waals surface area contributed by atoms with Gasteiger partial charge in [-0.3, -0.25) is 9.69 Å². The van der Waals surface area contributed by atoms with E-state index in [-0.39, 0.29) is 5.91 Å². The van der Waals surface area contributed by atoms with Crippen molar-refractivity contribution in [3.05, 3.63) is 0 Å². The molecular formula is C11H20N2O2. The Bertz CT molecular complexity index is 239. The van der Waals surface area contributed by atoms with Gasteiger partial charge in [-0.2, -0.15) is 0 Å². The number of carbonyl (C=O) groups is 1. The van der Waals surface area contributed by atoms with E-state index in [4.69, 9.17) is 0 Å². The van der Waals surface area contributed by atoms with Crippen molar-refractivity contribution in [1.82, 2.24) is 9.80 Å². The SMILES string of the molecule is CC1(O)CN(CC(=O)N2CCCCC2)C1. The van der Waals surface area contributed by atoms with Gasteiger partial charge < -0.3 is 10.0 Å². The Kier molecular flexibility index (Phi) is 2.98. The lowest BCUT2D eigenvalue weighted by atomic mass is 9.97. The van der Waals surface area contributed by atoms with Gasteiger partial charge in [-0.25, -0.2) is 0 Å². The number of hydrogen-bond acceptors (Lipinski definition) is 3. The second-order valence-corrected chi connectivity index (χ2v) is 5.08. The predicted molar refractivity (Wildman–Crippen MR) is 57.5 cm³/mol. The second kappa shape index (κ2) is 4.10. The molecule has 1 amide bonds. The maximum Gasteiger partial charge on any atom is 0.236 e. The summed E-state index contributed by atoms with van der Waals surface area (Å²) >= 11 is 0. The zero-order valence-electron chi connectivity index (χ0n) is 9.41. The van der Waals surface area contributed by atoms with E-state index in [9.17, 15) is 9.90 Å². The van der Waals surface area contributed by atoms with E-state index in [0.717, 1.165) is 25.9 Å². The summed E-state index contributed by atoms with van der Waals surface area (Å²) in [7, 11) is 0. The molecule has 0 bridgehead atoms. The fourth-order valence-electron chi connectivity index (χ4n) is 2.46. The number of likely N-dealkylation sites (tertiary alicyclic amines) is 2. The van der Waals surface area contributed by atoms with Gasteiger partial charge in [0.25, 0.3) is 0 Å². The Balaban J connectivity index is 1.73. The molecule has 2 fully saturated rings. The summed E-state index contributed by atoms with van der Waals surface area (Å²) in [6.45, 7) is 5.40. The standard InChI is InChI=1S/C11H20N2O2/c1-11(15)8-12(9-11)7-10(14)13-5-3-2-4-6-13/h15H,2-9H2,1H3. The number of rotatable bonds is 2. The van der Waals surface area contributed by atoms with E-state index in [1.807, 2.05) is 16.7 Å². The molecule has 0 atom stereocenters. The van der Waals surface area contributed by atoms with E-state index < -0.39 is 5.60 Å². The fraction of sp³-hybridized carbons (Fsp3) is 0.909. The molecule has 0 spiro atoms. The molecular weight excluding hydrogens is 192 g/mol. The lowest BCUT2D eigenvalue weighted by Crippen LogP contribution is -2.61. The van der Waals surface area contributed by atoms with Crippen LogP contribution in [0.5, 0.6) is 0 Å². The number of piperidine rings is 1. The molecule has 2 heterocycles. The van der Waals surface area contributed by atoms with Crippen LogP contribution in [-0.2, 0) is 4.79 Å². The van der Waals surface area contributed by atoms with Crippen LogP contribution < -0.4 is 0 Å². The highest BCUT2D eigenvalue weighted by Gasteiger charge is 2.37. The summed E-state index contributed by atoms with van der Waals surface area (Å²) in [6.07, 6.45) is 3.54. The molecule has 0 aromatic carbocycles. The quantitative estimate of drug-likeness (QED) is 0.704. The normalized spacial score (nSPS) is 26.1. The van der Waals surface area contributed by atoms with Crippen LogP contribution in [0.15, 0.2) is 0 Å². The minimum atomic E-state index is -0.567. The lowest BCUT2D eigenvalue weighted by molar-refractivity contribution is -0.140.